The summed E-state index contributed by atoms with van der Waals surface area (Å²) >= 11 is 0. The molecule has 5 rings (SSSR count). The summed E-state index contributed by atoms with van der Waals surface area (Å²) in [5.41, 5.74) is 2.25. The maximum atomic E-state index is 14.0. The summed E-state index contributed by atoms with van der Waals surface area (Å²) in [6.45, 7) is 0.906. The Kier molecular flexibility index (Phi) is 4.12. The fourth-order valence-corrected chi connectivity index (χ4v) is 3.68. The smallest absolute Gasteiger partial charge is 0.264 e. The van der Waals surface area contributed by atoms with E-state index in [0.29, 0.717) is 41.5 Å². The highest BCUT2D eigenvalue weighted by atomic mass is 19.3. The summed E-state index contributed by atoms with van der Waals surface area (Å²) in [5.74, 6) is 1.16. The van der Waals surface area contributed by atoms with Gasteiger partial charge in [-0.2, -0.15) is 5.10 Å². The topological polar surface area (TPSA) is 56.1 Å². The van der Waals surface area contributed by atoms with Gasteiger partial charge in [-0.1, -0.05) is 6.07 Å². The van der Waals surface area contributed by atoms with Gasteiger partial charge >= 0.3 is 0 Å². The minimum atomic E-state index is -2.64. The number of nitrogens with zero attached hydrogens (tertiary/aromatic N) is 5. The molecule has 8 heteroatoms. The van der Waals surface area contributed by atoms with Gasteiger partial charge in [0.2, 0.25) is 0 Å². The summed E-state index contributed by atoms with van der Waals surface area (Å²) in [4.78, 5) is 10.8. The lowest BCUT2D eigenvalue weighted by Crippen LogP contribution is -2.29. The highest BCUT2D eigenvalue weighted by Crippen LogP contribution is 2.44. The minimum Gasteiger partial charge on any atom is -0.490 e. The Balaban J connectivity index is 1.70. The Morgan fingerprint density at radius 1 is 1.14 bits per heavy atom. The standard InChI is InChI=1S/C21H17F2N5O/c1-27-12-14(11-26-27)15-10-18-17(9-16(15)20(22)23)28(7-8-29-18)21-19-13(4-6-25-21)3-2-5-24-19/h2-6,9-12,20H,7-8H2,1H3. The van der Waals surface area contributed by atoms with Crippen molar-refractivity contribution in [3.05, 3.63) is 60.7 Å². The Morgan fingerprint density at radius 3 is 2.83 bits per heavy atom. The van der Waals surface area contributed by atoms with E-state index in [2.05, 4.69) is 15.1 Å². The second-order valence-corrected chi connectivity index (χ2v) is 6.82. The van der Waals surface area contributed by atoms with E-state index in [0.717, 1.165) is 10.9 Å². The molecule has 4 aromatic rings. The van der Waals surface area contributed by atoms with Crippen LogP contribution in [-0.2, 0) is 7.05 Å². The third kappa shape index (κ3) is 2.97. The number of fused-ring (bicyclic) bond motifs is 2. The summed E-state index contributed by atoms with van der Waals surface area (Å²) < 4.78 is 35.3. The van der Waals surface area contributed by atoms with E-state index in [4.69, 9.17) is 4.74 Å². The number of rotatable bonds is 3. The lowest BCUT2D eigenvalue weighted by Gasteiger charge is -2.32. The molecule has 0 N–H and O–H groups in total. The molecule has 0 bridgehead atoms. The normalized spacial score (nSPS) is 13.6. The highest BCUT2D eigenvalue weighted by molar-refractivity contribution is 5.91. The van der Waals surface area contributed by atoms with E-state index in [1.165, 1.54) is 6.07 Å². The molecule has 0 unspecified atom stereocenters. The number of halogens is 2. The van der Waals surface area contributed by atoms with Crippen molar-refractivity contribution in [2.24, 2.45) is 7.05 Å². The van der Waals surface area contributed by atoms with Crippen molar-refractivity contribution >= 4 is 22.4 Å². The average molecular weight is 393 g/mol. The first-order valence-electron chi connectivity index (χ1n) is 9.17. The molecule has 3 aromatic heterocycles. The van der Waals surface area contributed by atoms with E-state index in [1.807, 2.05) is 23.1 Å². The van der Waals surface area contributed by atoms with Crippen molar-refractivity contribution < 1.29 is 13.5 Å². The van der Waals surface area contributed by atoms with Gasteiger partial charge in [0.15, 0.2) is 5.82 Å². The van der Waals surface area contributed by atoms with E-state index in [9.17, 15) is 8.78 Å². The fraction of sp³-hybridized carbons (Fsp3) is 0.190. The van der Waals surface area contributed by atoms with Gasteiger partial charge in [0.05, 0.1) is 18.4 Å². The van der Waals surface area contributed by atoms with E-state index in [1.54, 1.807) is 42.6 Å². The second-order valence-electron chi connectivity index (χ2n) is 6.82. The van der Waals surface area contributed by atoms with Crippen LogP contribution in [0.15, 0.2) is 55.1 Å². The molecule has 0 fully saturated rings. The first kappa shape index (κ1) is 17.5. The molecule has 0 aliphatic carbocycles. The van der Waals surface area contributed by atoms with Gasteiger partial charge < -0.3 is 9.64 Å². The molecule has 0 spiro atoms. The number of hydrogen-bond acceptors (Lipinski definition) is 5. The van der Waals surface area contributed by atoms with E-state index >= 15 is 0 Å². The average Bonchev–Trinajstić information content (AvgIpc) is 3.18. The van der Waals surface area contributed by atoms with Gasteiger partial charge in [0.1, 0.15) is 17.9 Å². The molecular weight excluding hydrogens is 376 g/mol. The molecule has 0 saturated carbocycles. The molecule has 29 heavy (non-hydrogen) atoms. The van der Waals surface area contributed by atoms with Crippen LogP contribution < -0.4 is 9.64 Å². The first-order chi connectivity index (χ1) is 14.1. The first-order valence-corrected chi connectivity index (χ1v) is 9.17. The maximum Gasteiger partial charge on any atom is 0.264 e. The third-order valence-electron chi connectivity index (χ3n) is 5.00. The number of anilines is 2. The van der Waals surface area contributed by atoms with Gasteiger partial charge in [-0.3, -0.25) is 9.67 Å². The molecule has 0 saturated heterocycles. The number of hydrogen-bond donors (Lipinski definition) is 0. The Morgan fingerprint density at radius 2 is 2.03 bits per heavy atom. The summed E-state index contributed by atoms with van der Waals surface area (Å²) in [6, 6.07) is 8.84. The van der Waals surface area contributed by atoms with Crippen LogP contribution in [0.5, 0.6) is 5.75 Å². The zero-order chi connectivity index (χ0) is 20.0. The maximum absolute atomic E-state index is 14.0. The molecular formula is C21H17F2N5O. The molecule has 0 amide bonds. The minimum absolute atomic E-state index is 0.0690. The summed E-state index contributed by atoms with van der Waals surface area (Å²) in [7, 11) is 1.75. The van der Waals surface area contributed by atoms with Crippen LogP contribution in [0.2, 0.25) is 0 Å². The predicted octanol–water partition coefficient (Wildman–Crippen LogP) is 4.50. The van der Waals surface area contributed by atoms with Crippen molar-refractivity contribution in [1.29, 1.82) is 0 Å². The number of alkyl halides is 2. The number of aromatic nitrogens is 4. The van der Waals surface area contributed by atoms with Crippen molar-refractivity contribution in [3.8, 4) is 16.9 Å². The van der Waals surface area contributed by atoms with Gasteiger partial charge in [0.25, 0.3) is 6.43 Å². The van der Waals surface area contributed by atoms with Crippen LogP contribution in [0, 0.1) is 0 Å². The lowest BCUT2D eigenvalue weighted by atomic mass is 10.00. The number of ether oxygens (including phenoxy) is 1. The fourth-order valence-electron chi connectivity index (χ4n) is 3.68. The van der Waals surface area contributed by atoms with Crippen molar-refractivity contribution in [3.63, 3.8) is 0 Å². The molecule has 146 valence electrons. The molecule has 1 aliphatic heterocycles. The highest BCUT2D eigenvalue weighted by Gasteiger charge is 2.27. The number of aryl methyl sites for hydroxylation is 1. The van der Waals surface area contributed by atoms with Crippen LogP contribution in [0.25, 0.3) is 22.0 Å². The Labute approximate surface area is 165 Å². The summed E-state index contributed by atoms with van der Waals surface area (Å²) in [6.07, 6.45) is 4.05. The monoisotopic (exact) mass is 393 g/mol. The predicted molar refractivity (Wildman–Crippen MR) is 106 cm³/mol. The molecule has 0 atom stereocenters. The van der Waals surface area contributed by atoms with E-state index < -0.39 is 6.43 Å². The van der Waals surface area contributed by atoms with Gasteiger partial charge in [-0.15, -0.1) is 0 Å². The van der Waals surface area contributed by atoms with E-state index in [-0.39, 0.29) is 5.56 Å². The molecule has 0 radical (unpaired) electrons. The van der Waals surface area contributed by atoms with Crippen LogP contribution in [-0.4, -0.2) is 32.9 Å². The number of benzene rings is 1. The van der Waals surface area contributed by atoms with Crippen LogP contribution in [0.1, 0.15) is 12.0 Å². The van der Waals surface area contributed by atoms with Gasteiger partial charge in [0, 0.05) is 42.2 Å². The third-order valence-corrected chi connectivity index (χ3v) is 5.00. The zero-order valence-electron chi connectivity index (χ0n) is 15.6. The van der Waals surface area contributed by atoms with Crippen LogP contribution >= 0.6 is 0 Å². The van der Waals surface area contributed by atoms with Crippen LogP contribution in [0.4, 0.5) is 20.3 Å². The van der Waals surface area contributed by atoms with Crippen molar-refractivity contribution in [2.45, 2.75) is 6.43 Å². The Hall–Kier alpha value is -3.55. The molecule has 1 aromatic carbocycles. The second kappa shape index (κ2) is 6.80. The van der Waals surface area contributed by atoms with Crippen LogP contribution in [0.3, 0.4) is 0 Å². The zero-order valence-corrected chi connectivity index (χ0v) is 15.6. The Bertz CT molecular complexity index is 1200. The van der Waals surface area contributed by atoms with Crippen molar-refractivity contribution in [2.75, 3.05) is 18.1 Å². The SMILES string of the molecule is Cn1cc(-c2cc3c(cc2C(F)F)N(c2nccc4cccnc24)CCO3)cn1. The quantitative estimate of drug-likeness (QED) is 0.513. The number of pyridine rings is 2. The van der Waals surface area contributed by atoms with Crippen molar-refractivity contribution in [1.82, 2.24) is 19.7 Å². The molecule has 4 heterocycles. The van der Waals surface area contributed by atoms with Gasteiger partial charge in [-0.25, -0.2) is 13.8 Å². The lowest BCUT2D eigenvalue weighted by molar-refractivity contribution is 0.152. The summed E-state index contributed by atoms with van der Waals surface area (Å²) in [5, 5.41) is 5.04. The van der Waals surface area contributed by atoms with Gasteiger partial charge in [-0.05, 0) is 29.8 Å². The largest absolute Gasteiger partial charge is 0.490 e. The molecule has 6 nitrogen and oxygen atoms in total. The molecule has 1 aliphatic rings.